The second kappa shape index (κ2) is 5.88. The van der Waals surface area contributed by atoms with Crippen LogP contribution in [-0.2, 0) is 0 Å². The Kier molecular flexibility index (Phi) is 4.45. The number of nitrogens with two attached hydrogens (primary N) is 1. The Bertz CT molecular complexity index is 563. The highest BCUT2D eigenvalue weighted by molar-refractivity contribution is 9.11. The van der Waals surface area contributed by atoms with Gasteiger partial charge in [0.2, 0.25) is 0 Å². The molecule has 0 spiro atoms. The lowest BCUT2D eigenvalue weighted by Crippen LogP contribution is -2.29. The van der Waals surface area contributed by atoms with Crippen molar-refractivity contribution >= 4 is 31.9 Å². The van der Waals surface area contributed by atoms with Crippen LogP contribution in [0.25, 0.3) is 0 Å². The molecule has 0 aliphatic heterocycles. The largest absolute Gasteiger partial charge is 0.271 e. The minimum absolute atomic E-state index is 0.396. The number of benzene rings is 1. The van der Waals surface area contributed by atoms with Crippen LogP contribution in [0.2, 0.25) is 0 Å². The molecule has 0 fully saturated rings. The zero-order valence-corrected chi connectivity index (χ0v) is 12.4. The summed E-state index contributed by atoms with van der Waals surface area (Å²) in [5.74, 6) is 5.16. The lowest BCUT2D eigenvalue weighted by Gasteiger charge is -2.19. The van der Waals surface area contributed by atoms with Gasteiger partial charge in [-0.15, -0.1) is 0 Å². The Morgan fingerprint density at radius 2 is 2.00 bits per heavy atom. The molecule has 0 radical (unpaired) electrons. The highest BCUT2D eigenvalue weighted by Gasteiger charge is 2.19. The summed E-state index contributed by atoms with van der Waals surface area (Å²) in [6.07, 6.45) is 2.71. The molecule has 6 heteroatoms. The van der Waals surface area contributed by atoms with Crippen LogP contribution in [-0.4, -0.2) is 4.98 Å². The zero-order valence-electron chi connectivity index (χ0n) is 9.20. The first-order valence-electron chi connectivity index (χ1n) is 5.14. The molecule has 18 heavy (non-hydrogen) atoms. The van der Waals surface area contributed by atoms with E-state index in [-0.39, 0.29) is 0 Å². The van der Waals surface area contributed by atoms with E-state index in [9.17, 15) is 4.39 Å². The van der Waals surface area contributed by atoms with Gasteiger partial charge in [-0.05, 0) is 29.8 Å². The van der Waals surface area contributed by atoms with Gasteiger partial charge in [0, 0.05) is 20.7 Å². The van der Waals surface area contributed by atoms with Gasteiger partial charge >= 0.3 is 0 Å². The minimum Gasteiger partial charge on any atom is -0.271 e. The third-order valence-corrected chi connectivity index (χ3v) is 3.77. The van der Waals surface area contributed by atoms with E-state index in [0.717, 1.165) is 14.5 Å². The molecule has 3 N–H and O–H groups in total. The van der Waals surface area contributed by atoms with Gasteiger partial charge in [-0.2, -0.15) is 0 Å². The summed E-state index contributed by atoms with van der Waals surface area (Å²) in [5.41, 5.74) is 3.92. The zero-order chi connectivity index (χ0) is 13.1. The number of hydrogen-bond donors (Lipinski definition) is 2. The molecule has 94 valence electrons. The average molecular weight is 375 g/mol. The molecule has 0 aliphatic rings. The van der Waals surface area contributed by atoms with Crippen molar-refractivity contribution in [2.24, 2.45) is 5.84 Å². The highest BCUT2D eigenvalue weighted by Crippen LogP contribution is 2.31. The Labute approximate surface area is 121 Å². The minimum atomic E-state index is -0.445. The van der Waals surface area contributed by atoms with Crippen molar-refractivity contribution in [3.8, 4) is 0 Å². The van der Waals surface area contributed by atoms with Crippen LogP contribution in [0, 0.1) is 5.82 Å². The first-order chi connectivity index (χ1) is 8.63. The number of rotatable bonds is 3. The predicted octanol–water partition coefficient (Wildman–Crippen LogP) is 3.30. The lowest BCUT2D eigenvalue weighted by atomic mass is 10.00. The third kappa shape index (κ3) is 2.77. The summed E-state index contributed by atoms with van der Waals surface area (Å²) < 4.78 is 15.5. The van der Waals surface area contributed by atoms with Crippen LogP contribution < -0.4 is 11.3 Å². The Hall–Kier alpha value is -0.820. The summed E-state index contributed by atoms with van der Waals surface area (Å²) in [7, 11) is 0. The maximum Gasteiger partial charge on any atom is 0.146 e. The number of aromatic nitrogens is 1. The Balaban J connectivity index is 2.52. The van der Waals surface area contributed by atoms with Gasteiger partial charge in [0.25, 0.3) is 0 Å². The number of hydrogen-bond acceptors (Lipinski definition) is 3. The van der Waals surface area contributed by atoms with Crippen molar-refractivity contribution in [2.75, 3.05) is 0 Å². The van der Waals surface area contributed by atoms with Crippen LogP contribution in [0.15, 0.2) is 45.6 Å². The fourth-order valence-electron chi connectivity index (χ4n) is 1.70. The van der Waals surface area contributed by atoms with Gasteiger partial charge in [0.05, 0.1) is 12.2 Å². The van der Waals surface area contributed by atoms with Crippen molar-refractivity contribution in [1.82, 2.24) is 10.4 Å². The molecule has 0 aliphatic carbocycles. The fraction of sp³-hybridized carbons (Fsp3) is 0.0833. The first-order valence-corrected chi connectivity index (χ1v) is 6.72. The predicted molar refractivity (Wildman–Crippen MR) is 75.2 cm³/mol. The van der Waals surface area contributed by atoms with Crippen LogP contribution in [0.1, 0.15) is 17.2 Å². The first kappa shape index (κ1) is 13.6. The Morgan fingerprint density at radius 1 is 1.22 bits per heavy atom. The molecular formula is C12H10Br2FN3. The van der Waals surface area contributed by atoms with Crippen LogP contribution in [0.4, 0.5) is 4.39 Å². The quantitative estimate of drug-likeness (QED) is 0.640. The molecule has 1 unspecified atom stereocenters. The summed E-state index contributed by atoms with van der Waals surface area (Å²) in [6.45, 7) is 0. The maximum atomic E-state index is 13.8. The third-order valence-electron chi connectivity index (χ3n) is 2.55. The van der Waals surface area contributed by atoms with Crippen LogP contribution in [0.5, 0.6) is 0 Å². The smallest absolute Gasteiger partial charge is 0.146 e. The van der Waals surface area contributed by atoms with E-state index in [1.54, 1.807) is 6.07 Å². The molecular weight excluding hydrogens is 365 g/mol. The van der Waals surface area contributed by atoms with Crippen molar-refractivity contribution in [2.45, 2.75) is 6.04 Å². The van der Waals surface area contributed by atoms with Crippen LogP contribution in [0.3, 0.4) is 0 Å². The molecule has 2 rings (SSSR count). The lowest BCUT2D eigenvalue weighted by molar-refractivity contribution is 0.554. The van der Waals surface area contributed by atoms with E-state index >= 15 is 0 Å². The maximum absolute atomic E-state index is 13.8. The van der Waals surface area contributed by atoms with Crippen molar-refractivity contribution in [3.05, 3.63) is 62.5 Å². The summed E-state index contributed by atoms with van der Waals surface area (Å²) >= 11 is 6.83. The monoisotopic (exact) mass is 373 g/mol. The number of halogens is 3. The molecule has 1 aromatic heterocycles. The van der Waals surface area contributed by atoms with Crippen molar-refractivity contribution in [3.63, 3.8) is 0 Å². The van der Waals surface area contributed by atoms with Gasteiger partial charge < -0.3 is 0 Å². The van der Waals surface area contributed by atoms with Gasteiger partial charge in [0.1, 0.15) is 5.82 Å². The van der Waals surface area contributed by atoms with Gasteiger partial charge in [-0.3, -0.25) is 10.8 Å². The summed E-state index contributed by atoms with van der Waals surface area (Å²) in [4.78, 5) is 3.73. The molecule has 1 atom stereocenters. The standard InChI is InChI=1S/C12H10Br2FN3/c13-7-1-2-10(14)9(5-7)12(18-16)8-3-4-17-6-11(8)15/h1-6,12,18H,16H2. The van der Waals surface area contributed by atoms with E-state index in [0.29, 0.717) is 5.56 Å². The van der Waals surface area contributed by atoms with Crippen molar-refractivity contribution in [1.29, 1.82) is 0 Å². The van der Waals surface area contributed by atoms with E-state index in [1.807, 2.05) is 18.2 Å². The second-order valence-corrected chi connectivity index (χ2v) is 5.43. The molecule has 1 heterocycles. The number of pyridine rings is 1. The molecule has 3 nitrogen and oxygen atoms in total. The average Bonchev–Trinajstić information content (AvgIpc) is 2.36. The topological polar surface area (TPSA) is 50.9 Å². The van der Waals surface area contributed by atoms with Crippen molar-refractivity contribution < 1.29 is 4.39 Å². The van der Waals surface area contributed by atoms with E-state index < -0.39 is 11.9 Å². The molecule has 0 amide bonds. The van der Waals surface area contributed by atoms with Gasteiger partial charge in [-0.25, -0.2) is 9.82 Å². The SMILES string of the molecule is NNC(c1ccncc1F)c1cc(Br)ccc1Br. The number of nitrogens with zero attached hydrogens (tertiary/aromatic N) is 1. The number of hydrazine groups is 1. The van der Waals surface area contributed by atoms with E-state index in [2.05, 4.69) is 42.3 Å². The molecule has 1 aromatic carbocycles. The number of nitrogens with one attached hydrogen (secondary N) is 1. The summed E-state index contributed by atoms with van der Waals surface area (Å²) in [5, 5.41) is 0. The van der Waals surface area contributed by atoms with E-state index in [4.69, 9.17) is 5.84 Å². The fourth-order valence-corrected chi connectivity index (χ4v) is 2.56. The second-order valence-electron chi connectivity index (χ2n) is 3.66. The highest BCUT2D eigenvalue weighted by atomic mass is 79.9. The summed E-state index contributed by atoms with van der Waals surface area (Å²) in [6, 6.07) is 6.81. The van der Waals surface area contributed by atoms with Gasteiger partial charge in [-0.1, -0.05) is 31.9 Å². The molecule has 2 aromatic rings. The normalized spacial score (nSPS) is 12.4. The Morgan fingerprint density at radius 3 is 2.67 bits per heavy atom. The van der Waals surface area contributed by atoms with Gasteiger partial charge in [0.15, 0.2) is 0 Å². The molecule has 0 bridgehead atoms. The van der Waals surface area contributed by atoms with Crippen LogP contribution >= 0.6 is 31.9 Å². The van der Waals surface area contributed by atoms with E-state index in [1.165, 1.54) is 12.4 Å². The molecule has 0 saturated carbocycles. The molecule has 0 saturated heterocycles.